The summed E-state index contributed by atoms with van der Waals surface area (Å²) in [6, 6.07) is 14.0. The normalized spacial score (nSPS) is 12.0. The van der Waals surface area contributed by atoms with Crippen LogP contribution < -0.4 is 15.4 Å². The van der Waals surface area contributed by atoms with E-state index in [9.17, 15) is 30.8 Å². The molecule has 0 fully saturated rings. The van der Waals surface area contributed by atoms with E-state index >= 15 is 0 Å². The predicted molar refractivity (Wildman–Crippen MR) is 131 cm³/mol. The van der Waals surface area contributed by atoms with Crippen molar-refractivity contribution in [3.8, 4) is 0 Å². The van der Waals surface area contributed by atoms with Gasteiger partial charge in [-0.2, -0.15) is 13.2 Å². The molecule has 0 radical (unpaired) electrons. The zero-order valence-corrected chi connectivity index (χ0v) is 20.3. The summed E-state index contributed by atoms with van der Waals surface area (Å²) in [5.74, 6) is -1.45. The number of fused-ring (bicyclic) bond motifs is 1. The fraction of sp³-hybridized carbons (Fsp3) is 0.125. The van der Waals surface area contributed by atoms with Gasteiger partial charge in [-0.3, -0.25) is 4.31 Å². The van der Waals surface area contributed by atoms with Crippen molar-refractivity contribution in [1.29, 1.82) is 0 Å². The maximum absolute atomic E-state index is 13.9. The molecule has 0 aliphatic heterocycles. The molecule has 0 spiro atoms. The van der Waals surface area contributed by atoms with Gasteiger partial charge in [0.25, 0.3) is 10.0 Å². The van der Waals surface area contributed by atoms with Crippen LogP contribution in [-0.2, 0) is 22.7 Å². The number of alkyl halides is 3. The van der Waals surface area contributed by atoms with Gasteiger partial charge in [-0.1, -0.05) is 30.3 Å². The van der Waals surface area contributed by atoms with Gasteiger partial charge in [0.2, 0.25) is 0 Å². The minimum Gasteiger partial charge on any atom is -0.351 e. The van der Waals surface area contributed by atoms with Gasteiger partial charge in [0.1, 0.15) is 10.8 Å². The van der Waals surface area contributed by atoms with Crippen LogP contribution in [0.5, 0.6) is 0 Å². The van der Waals surface area contributed by atoms with E-state index < -0.39 is 40.2 Å². The Kier molecular flexibility index (Phi) is 6.67. The highest BCUT2D eigenvalue weighted by atomic mass is 32.2. The van der Waals surface area contributed by atoms with Gasteiger partial charge >= 0.3 is 12.2 Å². The molecular formula is C24H19F4N3O3S2. The number of carbonyl (C=O) groups excluding carboxylic acids is 1. The number of urea groups is 1. The van der Waals surface area contributed by atoms with Crippen molar-refractivity contribution in [2.75, 3.05) is 9.62 Å². The van der Waals surface area contributed by atoms with Crippen LogP contribution in [0.2, 0.25) is 0 Å². The van der Waals surface area contributed by atoms with E-state index in [0.29, 0.717) is 33.5 Å². The molecule has 0 atom stereocenters. The molecule has 1 aromatic heterocycles. The Morgan fingerprint density at radius 3 is 2.39 bits per heavy atom. The molecule has 0 unspecified atom stereocenters. The van der Waals surface area contributed by atoms with Gasteiger partial charge in [0.15, 0.2) is 0 Å². The number of hydrogen-bond donors (Lipinski definition) is 2. The Labute approximate surface area is 208 Å². The van der Waals surface area contributed by atoms with E-state index in [2.05, 4.69) is 5.32 Å². The number of hydrogen-bond acceptors (Lipinski definition) is 4. The number of primary amides is 1. The molecule has 36 heavy (non-hydrogen) atoms. The number of thiophene rings is 1. The van der Waals surface area contributed by atoms with Gasteiger partial charge < -0.3 is 11.1 Å². The van der Waals surface area contributed by atoms with E-state index in [0.717, 1.165) is 21.7 Å². The molecule has 6 nitrogen and oxygen atoms in total. The van der Waals surface area contributed by atoms with Crippen molar-refractivity contribution in [1.82, 2.24) is 0 Å². The number of nitrogens with zero attached hydrogens (tertiary/aromatic N) is 1. The lowest BCUT2D eigenvalue weighted by molar-refractivity contribution is -0.140. The molecular weight excluding hydrogens is 518 g/mol. The molecule has 0 saturated carbocycles. The van der Waals surface area contributed by atoms with Crippen LogP contribution >= 0.6 is 11.3 Å². The van der Waals surface area contributed by atoms with Crippen LogP contribution in [0.4, 0.5) is 33.0 Å². The van der Waals surface area contributed by atoms with Crippen molar-refractivity contribution >= 4 is 48.2 Å². The van der Waals surface area contributed by atoms with E-state index in [1.165, 1.54) is 24.3 Å². The molecule has 2 amide bonds. The molecule has 0 saturated heterocycles. The third kappa shape index (κ3) is 4.86. The molecule has 3 aromatic carbocycles. The van der Waals surface area contributed by atoms with E-state index in [1.807, 2.05) is 0 Å². The number of benzene rings is 3. The predicted octanol–water partition coefficient (Wildman–Crippen LogP) is 6.25. The van der Waals surface area contributed by atoms with Crippen LogP contribution in [0, 0.1) is 12.7 Å². The lowest BCUT2D eigenvalue weighted by Crippen LogP contribution is -2.30. The van der Waals surface area contributed by atoms with Crippen LogP contribution in [0.15, 0.2) is 71.6 Å². The first-order chi connectivity index (χ1) is 16.9. The van der Waals surface area contributed by atoms with Gasteiger partial charge in [0, 0.05) is 10.1 Å². The number of carbonyl (C=O) groups is 1. The first-order valence-electron chi connectivity index (χ1n) is 10.4. The van der Waals surface area contributed by atoms with Crippen LogP contribution in [0.1, 0.15) is 16.7 Å². The summed E-state index contributed by atoms with van der Waals surface area (Å²) >= 11 is 1.09. The summed E-state index contributed by atoms with van der Waals surface area (Å²) < 4.78 is 82.9. The quantitative estimate of drug-likeness (QED) is 0.285. The maximum atomic E-state index is 13.9. The Morgan fingerprint density at radius 1 is 1.06 bits per heavy atom. The molecule has 4 aromatic rings. The van der Waals surface area contributed by atoms with E-state index in [1.54, 1.807) is 31.2 Å². The second kappa shape index (κ2) is 9.43. The second-order valence-electron chi connectivity index (χ2n) is 7.84. The Balaban J connectivity index is 1.92. The average Bonchev–Trinajstić information content (AvgIpc) is 3.14. The first-order valence-corrected chi connectivity index (χ1v) is 12.7. The second-order valence-corrected chi connectivity index (χ2v) is 10.7. The summed E-state index contributed by atoms with van der Waals surface area (Å²) in [7, 11) is -4.26. The topological polar surface area (TPSA) is 92.5 Å². The number of aryl methyl sites for hydroxylation is 1. The summed E-state index contributed by atoms with van der Waals surface area (Å²) in [6.45, 7) is 1.15. The number of anilines is 2. The van der Waals surface area contributed by atoms with E-state index in [-0.39, 0.29) is 15.5 Å². The molecule has 188 valence electrons. The van der Waals surface area contributed by atoms with Gasteiger partial charge in [0.05, 0.1) is 22.7 Å². The maximum Gasteiger partial charge on any atom is 0.419 e. The fourth-order valence-electron chi connectivity index (χ4n) is 3.80. The molecule has 1 heterocycles. The zero-order chi connectivity index (χ0) is 26.3. The van der Waals surface area contributed by atoms with Gasteiger partial charge in [-0.25, -0.2) is 17.6 Å². The smallest absolute Gasteiger partial charge is 0.351 e. The van der Waals surface area contributed by atoms with Crippen molar-refractivity contribution in [2.45, 2.75) is 24.5 Å². The average molecular weight is 538 g/mol. The standard InChI is InChI=1S/C24H19F4N3O3S2/c1-14-21-19(30-23(29)32)8-5-9-20(21)35-22(14)31(36(33,34)16-6-3-2-4-7-16)13-15-10-11-18(25)17(12-15)24(26,27)28/h2-12H,13H2,1H3,(H3,29,30,32). The lowest BCUT2D eigenvalue weighted by Gasteiger charge is -2.24. The number of nitrogens with two attached hydrogens (primary N) is 1. The zero-order valence-electron chi connectivity index (χ0n) is 18.6. The third-order valence-corrected chi connectivity index (χ3v) is 8.56. The van der Waals surface area contributed by atoms with Gasteiger partial charge in [-0.15, -0.1) is 11.3 Å². The van der Waals surface area contributed by atoms with Crippen molar-refractivity contribution in [2.24, 2.45) is 5.73 Å². The molecule has 0 aliphatic carbocycles. The summed E-state index contributed by atoms with van der Waals surface area (Å²) in [5, 5.41) is 3.27. The summed E-state index contributed by atoms with van der Waals surface area (Å²) in [4.78, 5) is 11.4. The van der Waals surface area contributed by atoms with Crippen molar-refractivity contribution < 1.29 is 30.8 Å². The highest BCUT2D eigenvalue weighted by Crippen LogP contribution is 2.43. The van der Waals surface area contributed by atoms with Crippen LogP contribution in [0.3, 0.4) is 0 Å². The minimum atomic E-state index is -4.95. The SMILES string of the molecule is Cc1c(N(Cc2ccc(F)c(C(F)(F)F)c2)S(=O)(=O)c2ccccc2)sc2cccc(NC(N)=O)c12. The highest BCUT2D eigenvalue weighted by molar-refractivity contribution is 7.93. The summed E-state index contributed by atoms with van der Waals surface area (Å²) in [5.41, 5.74) is 4.55. The third-order valence-electron chi connectivity index (χ3n) is 5.41. The Bertz CT molecular complexity index is 1550. The number of rotatable bonds is 6. The minimum absolute atomic E-state index is 0.0597. The highest BCUT2D eigenvalue weighted by Gasteiger charge is 2.35. The summed E-state index contributed by atoms with van der Waals surface area (Å²) in [6.07, 6.45) is -4.95. The number of amides is 2. The molecule has 0 aliphatic rings. The van der Waals surface area contributed by atoms with Crippen LogP contribution in [-0.4, -0.2) is 14.4 Å². The largest absolute Gasteiger partial charge is 0.419 e. The number of nitrogens with one attached hydrogen (secondary N) is 1. The lowest BCUT2D eigenvalue weighted by atomic mass is 10.1. The Hall–Kier alpha value is -3.64. The van der Waals surface area contributed by atoms with Gasteiger partial charge in [-0.05, 0) is 54.4 Å². The van der Waals surface area contributed by atoms with Crippen LogP contribution in [0.25, 0.3) is 10.1 Å². The molecule has 12 heteroatoms. The van der Waals surface area contributed by atoms with Crippen molar-refractivity contribution in [3.63, 3.8) is 0 Å². The molecule has 4 rings (SSSR count). The fourth-order valence-corrected chi connectivity index (χ4v) is 6.78. The van der Waals surface area contributed by atoms with E-state index in [4.69, 9.17) is 5.73 Å². The number of sulfonamides is 1. The first kappa shape index (κ1) is 25.5. The Morgan fingerprint density at radius 2 is 1.75 bits per heavy atom. The van der Waals surface area contributed by atoms with Crippen molar-refractivity contribution in [3.05, 3.63) is 89.2 Å². The number of halogens is 4. The molecule has 0 bridgehead atoms. The molecule has 3 N–H and O–H groups in total. The monoisotopic (exact) mass is 537 g/mol.